The van der Waals surface area contributed by atoms with Crippen molar-refractivity contribution in [1.29, 1.82) is 0 Å². The minimum Gasteiger partial charge on any atom is -0.490 e. The van der Waals surface area contributed by atoms with E-state index in [1.807, 2.05) is 73.7 Å². The molecule has 0 aromatic heterocycles. The van der Waals surface area contributed by atoms with Crippen LogP contribution in [0.1, 0.15) is 100.0 Å². The molecular formula is C32H54I2O3. The topological polar surface area (TPSA) is 27.7 Å². The SMILES string of the molecule is CC.CC.CC(CCC(C)CC(C)Oc1ccccc1CC1=CC=C(COI)CC=C1)COI.CCC. The summed E-state index contributed by atoms with van der Waals surface area (Å²) < 4.78 is 16.9. The average molecular weight is 741 g/mol. The summed E-state index contributed by atoms with van der Waals surface area (Å²) in [6, 6.07) is 8.43. The Hall–Kier alpha value is -0.380. The van der Waals surface area contributed by atoms with Crippen LogP contribution in [0.15, 0.2) is 59.7 Å². The largest absolute Gasteiger partial charge is 0.490 e. The first-order valence-corrected chi connectivity index (χ1v) is 16.0. The van der Waals surface area contributed by atoms with E-state index in [1.165, 1.54) is 36.0 Å². The summed E-state index contributed by atoms with van der Waals surface area (Å²) in [5.41, 5.74) is 3.83. The summed E-state index contributed by atoms with van der Waals surface area (Å²) >= 11 is 3.94. The summed E-state index contributed by atoms with van der Waals surface area (Å²) in [6.45, 7) is 20.5. The quantitative estimate of drug-likeness (QED) is 0.189. The second kappa shape index (κ2) is 27.2. The first-order valence-electron chi connectivity index (χ1n) is 14.2. The lowest BCUT2D eigenvalue weighted by Gasteiger charge is -2.21. The first-order chi connectivity index (χ1) is 17.9. The second-order valence-corrected chi connectivity index (χ2v) is 10.4. The van der Waals surface area contributed by atoms with Crippen LogP contribution < -0.4 is 4.74 Å². The Balaban J connectivity index is 0. The highest BCUT2D eigenvalue weighted by Gasteiger charge is 2.14. The lowest BCUT2D eigenvalue weighted by atomic mass is 9.94. The number of allylic oxidation sites excluding steroid dienone is 5. The van der Waals surface area contributed by atoms with Gasteiger partial charge in [0.1, 0.15) is 51.8 Å². The van der Waals surface area contributed by atoms with E-state index in [0.29, 0.717) is 18.4 Å². The molecule has 1 aromatic carbocycles. The molecule has 0 saturated carbocycles. The highest BCUT2D eigenvalue weighted by atomic mass is 127. The molecule has 0 heterocycles. The van der Waals surface area contributed by atoms with Crippen LogP contribution in [0.25, 0.3) is 0 Å². The summed E-state index contributed by atoms with van der Waals surface area (Å²) in [5, 5.41) is 0. The van der Waals surface area contributed by atoms with Crippen LogP contribution in [0.5, 0.6) is 5.75 Å². The number of hydrogen-bond donors (Lipinski definition) is 0. The van der Waals surface area contributed by atoms with Gasteiger partial charge in [-0.2, -0.15) is 0 Å². The molecule has 3 unspecified atom stereocenters. The molecule has 0 N–H and O–H groups in total. The maximum Gasteiger partial charge on any atom is 0.123 e. The van der Waals surface area contributed by atoms with Crippen molar-refractivity contribution in [3.05, 3.63) is 65.3 Å². The Bertz CT molecular complexity index is 743. The van der Waals surface area contributed by atoms with E-state index in [9.17, 15) is 0 Å². The predicted molar refractivity (Wildman–Crippen MR) is 181 cm³/mol. The van der Waals surface area contributed by atoms with Crippen LogP contribution in [-0.4, -0.2) is 19.3 Å². The standard InChI is InChI=1S/C25H34I2O3.C3H8.2C2H6/c1-19(11-12-20(2)17-28-26)15-21(3)30-25-10-5-4-9-24(25)16-22-7-6-8-23(14-13-22)18-29-27;1-3-2;2*1-2/h4-7,9-10,13-14,19-21H,8,11-12,15-18H2,1-3H3;3H2,1-2H3;2*1-2H3. The zero-order valence-electron chi connectivity index (χ0n) is 25.0. The van der Waals surface area contributed by atoms with Crippen LogP contribution >= 0.6 is 46.0 Å². The van der Waals surface area contributed by atoms with Gasteiger partial charge in [-0.3, -0.25) is 0 Å². The molecule has 0 spiro atoms. The number of hydrogen-bond acceptors (Lipinski definition) is 3. The molecule has 0 fully saturated rings. The van der Waals surface area contributed by atoms with E-state index in [4.69, 9.17) is 10.9 Å². The lowest BCUT2D eigenvalue weighted by molar-refractivity contribution is 0.180. The first kappa shape index (κ1) is 38.8. The van der Waals surface area contributed by atoms with Crippen LogP contribution in [-0.2, 0) is 12.6 Å². The maximum absolute atomic E-state index is 6.39. The summed E-state index contributed by atoms with van der Waals surface area (Å²) in [5.74, 6) is 2.25. The van der Waals surface area contributed by atoms with Crippen molar-refractivity contribution < 1.29 is 10.9 Å². The molecule has 0 radical (unpaired) electrons. The minimum absolute atomic E-state index is 0.197. The van der Waals surface area contributed by atoms with Crippen molar-refractivity contribution in [1.82, 2.24) is 0 Å². The van der Waals surface area contributed by atoms with Crippen LogP contribution in [0.3, 0.4) is 0 Å². The third kappa shape index (κ3) is 20.2. The van der Waals surface area contributed by atoms with E-state index in [-0.39, 0.29) is 6.10 Å². The minimum atomic E-state index is 0.197. The molecule has 5 heteroatoms. The normalized spacial score (nSPS) is 14.6. The molecule has 1 aliphatic rings. The van der Waals surface area contributed by atoms with Gasteiger partial charge in [-0.25, -0.2) is 0 Å². The van der Waals surface area contributed by atoms with Gasteiger partial charge in [0.25, 0.3) is 0 Å². The fraction of sp³-hybridized carbons (Fsp3) is 0.625. The van der Waals surface area contributed by atoms with Gasteiger partial charge in [0.2, 0.25) is 0 Å². The third-order valence-electron chi connectivity index (χ3n) is 5.41. The lowest BCUT2D eigenvalue weighted by Crippen LogP contribution is -2.17. The van der Waals surface area contributed by atoms with Gasteiger partial charge in [0.15, 0.2) is 0 Å². The van der Waals surface area contributed by atoms with E-state index in [1.54, 1.807) is 0 Å². The highest BCUT2D eigenvalue weighted by molar-refractivity contribution is 14.1. The van der Waals surface area contributed by atoms with E-state index in [2.05, 4.69) is 83.2 Å². The third-order valence-corrected chi connectivity index (χ3v) is 6.09. The van der Waals surface area contributed by atoms with Crippen molar-refractivity contribution in [2.45, 2.75) is 107 Å². The molecule has 2 rings (SSSR count). The van der Waals surface area contributed by atoms with Gasteiger partial charge in [-0.05, 0) is 60.8 Å². The maximum atomic E-state index is 6.39. The second-order valence-electron chi connectivity index (χ2n) is 9.15. The number of rotatable bonds is 13. The van der Waals surface area contributed by atoms with Crippen LogP contribution in [0.4, 0.5) is 0 Å². The van der Waals surface area contributed by atoms with Gasteiger partial charge in [0, 0.05) is 6.42 Å². The van der Waals surface area contributed by atoms with Crippen molar-refractivity contribution in [2.75, 3.05) is 13.2 Å². The zero-order valence-corrected chi connectivity index (χ0v) is 29.3. The Labute approximate surface area is 258 Å². The number of halogens is 2. The van der Waals surface area contributed by atoms with Crippen molar-refractivity contribution in [2.24, 2.45) is 11.8 Å². The van der Waals surface area contributed by atoms with Gasteiger partial charge < -0.3 is 10.9 Å². The molecule has 3 nitrogen and oxygen atoms in total. The molecule has 1 aromatic rings. The van der Waals surface area contributed by atoms with Gasteiger partial charge in [-0.15, -0.1) is 0 Å². The number of para-hydroxylation sites is 1. The average Bonchev–Trinajstić information content (AvgIpc) is 3.12. The molecule has 214 valence electrons. The Kier molecular flexibility index (Phi) is 28.5. The molecule has 0 aliphatic heterocycles. The summed E-state index contributed by atoms with van der Waals surface area (Å²) in [6.07, 6.45) is 15.6. The van der Waals surface area contributed by atoms with E-state index in [0.717, 1.165) is 31.6 Å². The molecule has 1 aliphatic carbocycles. The van der Waals surface area contributed by atoms with Crippen molar-refractivity contribution in [3.63, 3.8) is 0 Å². The molecule has 37 heavy (non-hydrogen) atoms. The predicted octanol–water partition coefficient (Wildman–Crippen LogP) is 11.5. The van der Waals surface area contributed by atoms with E-state index < -0.39 is 0 Å². The monoisotopic (exact) mass is 740 g/mol. The zero-order chi connectivity index (χ0) is 28.5. The van der Waals surface area contributed by atoms with Crippen LogP contribution in [0.2, 0.25) is 0 Å². The van der Waals surface area contributed by atoms with Gasteiger partial charge >= 0.3 is 0 Å². The highest BCUT2D eigenvalue weighted by Crippen LogP contribution is 2.26. The number of ether oxygens (including phenoxy) is 1. The Morgan fingerprint density at radius 3 is 2.11 bits per heavy atom. The molecule has 0 amide bonds. The molecule has 0 bridgehead atoms. The molecule has 0 saturated heterocycles. The van der Waals surface area contributed by atoms with Crippen LogP contribution in [0, 0.1) is 11.8 Å². The summed E-state index contributed by atoms with van der Waals surface area (Å²) in [4.78, 5) is 0. The van der Waals surface area contributed by atoms with E-state index >= 15 is 0 Å². The Morgan fingerprint density at radius 2 is 1.49 bits per heavy atom. The fourth-order valence-corrected chi connectivity index (χ4v) is 4.71. The molecular weight excluding hydrogens is 686 g/mol. The number of benzene rings is 1. The fourth-order valence-electron chi connectivity index (χ4n) is 3.70. The van der Waals surface area contributed by atoms with Gasteiger partial charge in [-0.1, -0.05) is 111 Å². The molecule has 3 atom stereocenters. The van der Waals surface area contributed by atoms with Crippen molar-refractivity contribution >= 4 is 46.0 Å². The smallest absolute Gasteiger partial charge is 0.123 e. The summed E-state index contributed by atoms with van der Waals surface area (Å²) in [7, 11) is 0. The Morgan fingerprint density at radius 1 is 0.865 bits per heavy atom. The van der Waals surface area contributed by atoms with Crippen molar-refractivity contribution in [3.8, 4) is 5.75 Å². The van der Waals surface area contributed by atoms with Gasteiger partial charge in [0.05, 0.1) is 19.3 Å².